The minimum absolute atomic E-state index is 0.00473. The highest BCUT2D eigenvalue weighted by Gasteiger charge is 2.30. The molecule has 25 heavy (non-hydrogen) atoms. The number of rotatable bonds is 2. The van der Waals surface area contributed by atoms with Crippen LogP contribution in [0.25, 0.3) is 5.69 Å². The van der Waals surface area contributed by atoms with Crippen molar-refractivity contribution in [3.05, 3.63) is 76.4 Å². The maximum Gasteiger partial charge on any atom is 0.235 e. The maximum absolute atomic E-state index is 12.3. The van der Waals surface area contributed by atoms with Crippen molar-refractivity contribution in [2.24, 2.45) is 0 Å². The van der Waals surface area contributed by atoms with Gasteiger partial charge in [-0.3, -0.25) is 4.79 Å². The van der Waals surface area contributed by atoms with Crippen LogP contribution in [-0.2, 0) is 4.79 Å². The molecule has 3 aromatic rings. The zero-order valence-electron chi connectivity index (χ0n) is 13.6. The van der Waals surface area contributed by atoms with Gasteiger partial charge in [0.05, 0.1) is 22.4 Å². The Bertz CT molecular complexity index is 939. The molecular weight excluding hydrogens is 354 g/mol. The molecule has 0 aliphatic carbocycles. The SMILES string of the molecule is Cc1nn(-c2ccccc2)c2c1[C@H](c1cccc(Cl)c1)SCC(=O)N2. The summed E-state index contributed by atoms with van der Waals surface area (Å²) in [4.78, 5) is 12.3. The summed E-state index contributed by atoms with van der Waals surface area (Å²) in [5.74, 6) is 1.11. The fraction of sp³-hybridized carbons (Fsp3) is 0.158. The van der Waals surface area contributed by atoms with Crippen molar-refractivity contribution >= 4 is 35.1 Å². The second kappa shape index (κ2) is 6.58. The second-order valence-corrected chi connectivity index (χ2v) is 7.42. The molecule has 1 aliphatic heterocycles. The summed E-state index contributed by atoms with van der Waals surface area (Å²) in [6, 6.07) is 17.6. The predicted octanol–water partition coefficient (Wildman–Crippen LogP) is 4.61. The topological polar surface area (TPSA) is 46.9 Å². The number of aromatic nitrogens is 2. The van der Waals surface area contributed by atoms with Gasteiger partial charge in [0.1, 0.15) is 5.82 Å². The standard InChI is InChI=1S/C19H16ClN3OS/c1-12-17-18(13-6-5-7-14(20)10-13)25-11-16(24)21-19(17)23(22-12)15-8-3-2-4-9-15/h2-10,18H,11H2,1H3,(H,21,24)/t18-/m0/s1. The van der Waals surface area contributed by atoms with Crippen LogP contribution in [-0.4, -0.2) is 21.4 Å². The van der Waals surface area contributed by atoms with Crippen LogP contribution >= 0.6 is 23.4 Å². The lowest BCUT2D eigenvalue weighted by Crippen LogP contribution is -2.15. The van der Waals surface area contributed by atoms with Gasteiger partial charge in [0.15, 0.2) is 0 Å². The van der Waals surface area contributed by atoms with Crippen LogP contribution in [0.4, 0.5) is 5.82 Å². The van der Waals surface area contributed by atoms with Crippen molar-refractivity contribution in [3.63, 3.8) is 0 Å². The predicted molar refractivity (Wildman–Crippen MR) is 103 cm³/mol. The summed E-state index contributed by atoms with van der Waals surface area (Å²) in [6.07, 6.45) is 0. The third-order valence-electron chi connectivity index (χ3n) is 4.16. The largest absolute Gasteiger partial charge is 0.310 e. The number of carbonyl (C=O) groups excluding carboxylic acids is 1. The maximum atomic E-state index is 12.3. The number of aryl methyl sites for hydroxylation is 1. The first-order valence-corrected chi connectivity index (χ1v) is 9.38. The fourth-order valence-corrected chi connectivity index (χ4v) is 4.45. The highest BCUT2D eigenvalue weighted by molar-refractivity contribution is 8.00. The van der Waals surface area contributed by atoms with Crippen molar-refractivity contribution in [2.45, 2.75) is 12.2 Å². The number of hydrogen-bond acceptors (Lipinski definition) is 3. The van der Waals surface area contributed by atoms with Gasteiger partial charge < -0.3 is 5.32 Å². The van der Waals surface area contributed by atoms with E-state index in [4.69, 9.17) is 16.7 Å². The van der Waals surface area contributed by atoms with E-state index in [0.717, 1.165) is 28.3 Å². The van der Waals surface area contributed by atoms with Crippen LogP contribution in [0.2, 0.25) is 5.02 Å². The van der Waals surface area contributed by atoms with Gasteiger partial charge in [0.25, 0.3) is 0 Å². The highest BCUT2D eigenvalue weighted by Crippen LogP contribution is 2.44. The minimum Gasteiger partial charge on any atom is -0.310 e. The Kier molecular flexibility index (Phi) is 4.27. The number of carbonyl (C=O) groups is 1. The average molecular weight is 370 g/mol. The van der Waals surface area contributed by atoms with E-state index >= 15 is 0 Å². The van der Waals surface area contributed by atoms with Gasteiger partial charge in [-0.05, 0) is 36.8 Å². The summed E-state index contributed by atoms with van der Waals surface area (Å²) in [5, 5.41) is 8.42. The molecule has 1 atom stereocenters. The third kappa shape index (κ3) is 3.05. The zero-order valence-corrected chi connectivity index (χ0v) is 15.1. The van der Waals surface area contributed by atoms with E-state index in [1.54, 1.807) is 11.8 Å². The van der Waals surface area contributed by atoms with E-state index in [1.165, 1.54) is 0 Å². The molecule has 4 nitrogen and oxygen atoms in total. The lowest BCUT2D eigenvalue weighted by molar-refractivity contribution is -0.113. The molecule has 1 aromatic heterocycles. The third-order valence-corrected chi connectivity index (χ3v) is 5.67. The van der Waals surface area contributed by atoms with Gasteiger partial charge in [0.2, 0.25) is 5.91 Å². The normalized spacial score (nSPS) is 16.9. The van der Waals surface area contributed by atoms with Crippen molar-refractivity contribution in [2.75, 3.05) is 11.1 Å². The van der Waals surface area contributed by atoms with Crippen LogP contribution in [0.3, 0.4) is 0 Å². The first-order chi connectivity index (χ1) is 12.1. The summed E-state index contributed by atoms with van der Waals surface area (Å²) < 4.78 is 1.81. The van der Waals surface area contributed by atoms with E-state index in [0.29, 0.717) is 10.8 Å². The number of amides is 1. The van der Waals surface area contributed by atoms with Crippen molar-refractivity contribution in [1.82, 2.24) is 9.78 Å². The van der Waals surface area contributed by atoms with Gasteiger partial charge >= 0.3 is 0 Å². The number of hydrogen-bond donors (Lipinski definition) is 1. The number of thioether (sulfide) groups is 1. The quantitative estimate of drug-likeness (QED) is 0.717. The van der Waals surface area contributed by atoms with Crippen LogP contribution < -0.4 is 5.32 Å². The van der Waals surface area contributed by atoms with E-state index < -0.39 is 0 Å². The Morgan fingerprint density at radius 2 is 2.00 bits per heavy atom. The van der Waals surface area contributed by atoms with Crippen LogP contribution in [0.5, 0.6) is 0 Å². The Morgan fingerprint density at radius 3 is 2.76 bits per heavy atom. The Balaban J connectivity index is 1.90. The molecule has 1 aliphatic rings. The molecule has 0 fully saturated rings. The molecule has 0 saturated carbocycles. The molecule has 1 N–H and O–H groups in total. The molecule has 0 saturated heterocycles. The molecule has 6 heteroatoms. The first-order valence-electron chi connectivity index (χ1n) is 7.95. The molecule has 1 amide bonds. The van der Waals surface area contributed by atoms with Gasteiger partial charge in [-0.2, -0.15) is 5.10 Å². The van der Waals surface area contributed by atoms with Crippen molar-refractivity contribution in [1.29, 1.82) is 0 Å². The van der Waals surface area contributed by atoms with Crippen LogP contribution in [0.1, 0.15) is 22.1 Å². The van der Waals surface area contributed by atoms with Gasteiger partial charge in [-0.15, -0.1) is 11.8 Å². The molecule has 0 radical (unpaired) electrons. The molecule has 4 rings (SSSR count). The first kappa shape index (κ1) is 16.2. The monoisotopic (exact) mass is 369 g/mol. The highest BCUT2D eigenvalue weighted by atomic mass is 35.5. The number of anilines is 1. The Hall–Kier alpha value is -2.24. The van der Waals surface area contributed by atoms with Gasteiger partial charge in [-0.25, -0.2) is 4.68 Å². The van der Waals surface area contributed by atoms with E-state index in [-0.39, 0.29) is 11.2 Å². The summed E-state index contributed by atoms with van der Waals surface area (Å²) in [7, 11) is 0. The fourth-order valence-electron chi connectivity index (χ4n) is 3.07. The van der Waals surface area contributed by atoms with Gasteiger partial charge in [0, 0.05) is 10.6 Å². The molecular formula is C19H16ClN3OS. The summed E-state index contributed by atoms with van der Waals surface area (Å²) >= 11 is 7.78. The molecule has 0 unspecified atom stereocenters. The van der Waals surface area contributed by atoms with Crippen molar-refractivity contribution in [3.8, 4) is 5.69 Å². The van der Waals surface area contributed by atoms with Crippen LogP contribution in [0.15, 0.2) is 54.6 Å². The average Bonchev–Trinajstić information content (AvgIpc) is 2.82. The number of para-hydroxylation sites is 1. The molecule has 2 heterocycles. The Labute approximate surface area is 155 Å². The molecule has 126 valence electrons. The lowest BCUT2D eigenvalue weighted by Gasteiger charge is -2.15. The zero-order chi connectivity index (χ0) is 17.4. The Morgan fingerprint density at radius 1 is 1.20 bits per heavy atom. The van der Waals surface area contributed by atoms with E-state index in [2.05, 4.69) is 5.32 Å². The van der Waals surface area contributed by atoms with E-state index in [9.17, 15) is 4.79 Å². The second-order valence-electron chi connectivity index (χ2n) is 5.89. The lowest BCUT2D eigenvalue weighted by atomic mass is 10.0. The number of benzene rings is 2. The number of nitrogens with one attached hydrogen (secondary N) is 1. The molecule has 0 bridgehead atoms. The van der Waals surface area contributed by atoms with E-state index in [1.807, 2.05) is 66.2 Å². The number of nitrogens with zero attached hydrogens (tertiary/aromatic N) is 2. The molecule has 0 spiro atoms. The number of halogens is 1. The summed E-state index contributed by atoms with van der Waals surface area (Å²) in [6.45, 7) is 1.98. The molecule has 2 aromatic carbocycles. The summed E-state index contributed by atoms with van der Waals surface area (Å²) in [5.41, 5.74) is 3.93. The minimum atomic E-state index is -0.0205. The number of fused-ring (bicyclic) bond motifs is 1. The van der Waals surface area contributed by atoms with Crippen molar-refractivity contribution < 1.29 is 4.79 Å². The van der Waals surface area contributed by atoms with Gasteiger partial charge in [-0.1, -0.05) is 41.9 Å². The smallest absolute Gasteiger partial charge is 0.235 e. The van der Waals surface area contributed by atoms with Crippen LogP contribution in [0, 0.1) is 6.92 Å².